The molecule has 0 saturated heterocycles. The molecule has 1 aromatic carbocycles. The molecular weight excluding hydrogens is 286 g/mol. The van der Waals surface area contributed by atoms with Gasteiger partial charge >= 0.3 is 0 Å². The number of aromatic nitrogens is 2. The van der Waals surface area contributed by atoms with Crippen molar-refractivity contribution < 1.29 is 0 Å². The number of nitriles is 2. The zero-order valence-electron chi connectivity index (χ0n) is 11.0. The van der Waals surface area contributed by atoms with Crippen molar-refractivity contribution in [3.8, 4) is 12.1 Å². The van der Waals surface area contributed by atoms with E-state index >= 15 is 0 Å². The minimum absolute atomic E-state index is 0.324. The fourth-order valence-electron chi connectivity index (χ4n) is 1.98. The van der Waals surface area contributed by atoms with Crippen molar-refractivity contribution in [3.05, 3.63) is 46.4 Å². The van der Waals surface area contributed by atoms with E-state index in [1.807, 2.05) is 12.1 Å². The second kappa shape index (κ2) is 5.40. The lowest BCUT2D eigenvalue weighted by Gasteiger charge is -2.08. The van der Waals surface area contributed by atoms with Crippen LogP contribution < -0.4 is 5.32 Å². The van der Waals surface area contributed by atoms with Gasteiger partial charge in [-0.15, -0.1) is 0 Å². The molecule has 21 heavy (non-hydrogen) atoms. The Labute approximate surface area is 126 Å². The molecule has 6 heteroatoms. The lowest BCUT2D eigenvalue weighted by Crippen LogP contribution is -2.00. The van der Waals surface area contributed by atoms with Crippen LogP contribution in [-0.2, 0) is 0 Å². The smallest absolute Gasteiger partial charge is 0.135 e. The summed E-state index contributed by atoms with van der Waals surface area (Å²) in [7, 11) is 0. The monoisotopic (exact) mass is 295 g/mol. The van der Waals surface area contributed by atoms with E-state index in [2.05, 4.69) is 15.3 Å². The second-order valence-electron chi connectivity index (χ2n) is 4.82. The van der Waals surface area contributed by atoms with Gasteiger partial charge in [-0.05, 0) is 31.0 Å². The molecule has 1 aliphatic rings. The standard InChI is InChI=1S/C15H10ClN5/c16-13-6-14(21-15(20-13)9-1-2-9)19-12-4-3-10(7-17)11(5-12)8-18/h3-6,9H,1-2H2,(H,19,20,21). The molecule has 5 nitrogen and oxygen atoms in total. The van der Waals surface area contributed by atoms with E-state index in [4.69, 9.17) is 22.1 Å². The molecule has 3 rings (SSSR count). The van der Waals surface area contributed by atoms with Crippen molar-refractivity contribution in [2.24, 2.45) is 0 Å². The number of nitrogens with zero attached hydrogens (tertiary/aromatic N) is 4. The molecule has 0 amide bonds. The van der Waals surface area contributed by atoms with E-state index < -0.39 is 0 Å². The molecule has 1 N–H and O–H groups in total. The first-order valence-corrected chi connectivity index (χ1v) is 6.83. The van der Waals surface area contributed by atoms with E-state index in [1.165, 1.54) is 0 Å². The highest BCUT2D eigenvalue weighted by atomic mass is 35.5. The molecule has 1 saturated carbocycles. The number of halogens is 1. The maximum atomic E-state index is 9.03. The topological polar surface area (TPSA) is 85.4 Å². The summed E-state index contributed by atoms with van der Waals surface area (Å²) in [5.41, 5.74) is 1.36. The van der Waals surface area contributed by atoms with Gasteiger partial charge in [0.15, 0.2) is 0 Å². The molecule has 1 aliphatic carbocycles. The van der Waals surface area contributed by atoms with Crippen LogP contribution >= 0.6 is 11.6 Å². The van der Waals surface area contributed by atoms with E-state index in [-0.39, 0.29) is 0 Å². The van der Waals surface area contributed by atoms with Crippen LogP contribution in [-0.4, -0.2) is 9.97 Å². The van der Waals surface area contributed by atoms with Crippen molar-refractivity contribution in [1.82, 2.24) is 9.97 Å². The first-order chi connectivity index (χ1) is 10.2. The molecule has 1 heterocycles. The summed E-state index contributed by atoms with van der Waals surface area (Å²) in [6.07, 6.45) is 2.18. The van der Waals surface area contributed by atoms with E-state index in [1.54, 1.807) is 24.3 Å². The molecule has 0 unspecified atom stereocenters. The average Bonchev–Trinajstić information content (AvgIpc) is 3.31. The van der Waals surface area contributed by atoms with E-state index in [9.17, 15) is 0 Å². The quantitative estimate of drug-likeness (QED) is 0.876. The molecule has 0 bridgehead atoms. The van der Waals surface area contributed by atoms with Crippen LogP contribution in [0.2, 0.25) is 5.15 Å². The fourth-order valence-corrected chi connectivity index (χ4v) is 2.17. The maximum absolute atomic E-state index is 9.03. The molecule has 2 aromatic rings. The molecule has 0 radical (unpaired) electrons. The summed E-state index contributed by atoms with van der Waals surface area (Å²) in [5.74, 6) is 1.74. The van der Waals surface area contributed by atoms with Gasteiger partial charge in [0.05, 0.1) is 11.1 Å². The number of hydrogen-bond donors (Lipinski definition) is 1. The van der Waals surface area contributed by atoms with E-state index in [0.717, 1.165) is 18.7 Å². The molecule has 102 valence electrons. The highest BCUT2D eigenvalue weighted by Crippen LogP contribution is 2.39. The number of nitrogens with one attached hydrogen (secondary N) is 1. The first-order valence-electron chi connectivity index (χ1n) is 6.45. The van der Waals surface area contributed by atoms with Gasteiger partial charge in [-0.3, -0.25) is 0 Å². The van der Waals surface area contributed by atoms with Crippen LogP contribution in [0.15, 0.2) is 24.3 Å². The number of hydrogen-bond acceptors (Lipinski definition) is 5. The van der Waals surface area contributed by atoms with Gasteiger partial charge < -0.3 is 5.32 Å². The fraction of sp³-hybridized carbons (Fsp3) is 0.200. The Bertz CT molecular complexity index is 784. The van der Waals surface area contributed by atoms with Crippen LogP contribution in [0.1, 0.15) is 35.7 Å². The molecule has 0 spiro atoms. The zero-order chi connectivity index (χ0) is 14.8. The van der Waals surface area contributed by atoms with Gasteiger partial charge in [-0.1, -0.05) is 11.6 Å². The Balaban J connectivity index is 1.90. The molecule has 1 fully saturated rings. The summed E-state index contributed by atoms with van der Waals surface area (Å²) in [5, 5.41) is 21.4. The summed E-state index contributed by atoms with van der Waals surface area (Å²) in [6.45, 7) is 0. The number of rotatable bonds is 3. The van der Waals surface area contributed by atoms with Gasteiger partial charge in [0.1, 0.15) is 28.9 Å². The van der Waals surface area contributed by atoms with Crippen molar-refractivity contribution in [1.29, 1.82) is 10.5 Å². The Morgan fingerprint density at radius 2 is 1.86 bits per heavy atom. The number of anilines is 2. The van der Waals surface area contributed by atoms with Crippen LogP contribution in [0.4, 0.5) is 11.5 Å². The van der Waals surface area contributed by atoms with Gasteiger partial charge in [0.2, 0.25) is 0 Å². The summed E-state index contributed by atoms with van der Waals surface area (Å²) in [4.78, 5) is 8.65. The maximum Gasteiger partial charge on any atom is 0.135 e. The van der Waals surface area contributed by atoms with Gasteiger partial charge in [0.25, 0.3) is 0 Å². The third-order valence-electron chi connectivity index (χ3n) is 3.19. The van der Waals surface area contributed by atoms with Gasteiger partial charge in [-0.2, -0.15) is 10.5 Å². The second-order valence-corrected chi connectivity index (χ2v) is 5.20. The van der Waals surface area contributed by atoms with Crippen LogP contribution in [0.3, 0.4) is 0 Å². The first kappa shape index (κ1) is 13.4. The predicted molar refractivity (Wildman–Crippen MR) is 78.2 cm³/mol. The van der Waals surface area contributed by atoms with E-state index in [0.29, 0.717) is 33.7 Å². The minimum atomic E-state index is 0.324. The van der Waals surface area contributed by atoms with Crippen LogP contribution in [0.25, 0.3) is 0 Å². The molecule has 0 atom stereocenters. The molecular formula is C15H10ClN5. The van der Waals surface area contributed by atoms with Crippen molar-refractivity contribution in [3.63, 3.8) is 0 Å². The summed E-state index contributed by atoms with van der Waals surface area (Å²) in [6, 6.07) is 10.6. The normalized spacial score (nSPS) is 13.3. The van der Waals surface area contributed by atoms with Gasteiger partial charge in [0, 0.05) is 17.7 Å². The Kier molecular flexibility index (Phi) is 3.43. The van der Waals surface area contributed by atoms with Crippen molar-refractivity contribution in [2.75, 3.05) is 5.32 Å². The zero-order valence-corrected chi connectivity index (χ0v) is 11.7. The molecule has 0 aliphatic heterocycles. The largest absolute Gasteiger partial charge is 0.340 e. The Morgan fingerprint density at radius 3 is 2.52 bits per heavy atom. The Hall–Kier alpha value is -2.63. The SMILES string of the molecule is N#Cc1ccc(Nc2cc(Cl)nc(C3CC3)n2)cc1C#N. The highest BCUT2D eigenvalue weighted by molar-refractivity contribution is 6.29. The van der Waals surface area contributed by atoms with Gasteiger partial charge in [-0.25, -0.2) is 9.97 Å². The highest BCUT2D eigenvalue weighted by Gasteiger charge is 2.27. The predicted octanol–water partition coefficient (Wildman–Crippen LogP) is 3.49. The third-order valence-corrected chi connectivity index (χ3v) is 3.38. The minimum Gasteiger partial charge on any atom is -0.340 e. The van der Waals surface area contributed by atoms with Crippen LogP contribution in [0, 0.1) is 22.7 Å². The third kappa shape index (κ3) is 2.94. The number of benzene rings is 1. The Morgan fingerprint density at radius 1 is 1.10 bits per heavy atom. The lowest BCUT2D eigenvalue weighted by atomic mass is 10.1. The average molecular weight is 296 g/mol. The summed E-state index contributed by atoms with van der Waals surface area (Å²) < 4.78 is 0. The summed E-state index contributed by atoms with van der Waals surface area (Å²) >= 11 is 6.01. The van der Waals surface area contributed by atoms with Crippen molar-refractivity contribution >= 4 is 23.1 Å². The lowest BCUT2D eigenvalue weighted by molar-refractivity contribution is 0.931. The van der Waals surface area contributed by atoms with Crippen LogP contribution in [0.5, 0.6) is 0 Å². The van der Waals surface area contributed by atoms with Crippen molar-refractivity contribution in [2.45, 2.75) is 18.8 Å². The molecule has 1 aromatic heterocycles.